The molecule has 0 spiro atoms. The number of alkyl halides is 3. The van der Waals surface area contributed by atoms with Gasteiger partial charge in [0.2, 0.25) is 0 Å². The second kappa shape index (κ2) is 13.4. The number of aliphatic hydroxyl groups is 1. The number of nitrogens with one attached hydrogen (secondary N) is 1. The third-order valence-electron chi connectivity index (χ3n) is 8.86. The van der Waals surface area contributed by atoms with E-state index in [0.29, 0.717) is 5.75 Å². The minimum absolute atomic E-state index is 0.0263. The fourth-order valence-electron chi connectivity index (χ4n) is 5.72. The third-order valence-corrected chi connectivity index (χ3v) is 9.15. The quantitative estimate of drug-likeness (QED) is 0.132. The summed E-state index contributed by atoms with van der Waals surface area (Å²) in [6.07, 6.45) is -3.43. The molecule has 0 saturated heterocycles. The van der Waals surface area contributed by atoms with Gasteiger partial charge in [0.15, 0.2) is 11.5 Å². The molecule has 3 aromatic carbocycles. The minimum atomic E-state index is -5.20. The minimum Gasteiger partial charge on any atom is -0.493 e. The second-order valence-corrected chi connectivity index (χ2v) is 12.5. The highest BCUT2D eigenvalue weighted by Crippen LogP contribution is 2.43. The first-order valence-corrected chi connectivity index (χ1v) is 15.9. The van der Waals surface area contributed by atoms with Gasteiger partial charge in [-0.2, -0.15) is 13.2 Å². The Morgan fingerprint density at radius 2 is 1.70 bits per heavy atom. The molecule has 2 heterocycles. The predicted octanol–water partition coefficient (Wildman–Crippen LogP) is 6.67. The molecule has 4 aromatic rings. The number of rotatable bonds is 11. The Labute approximate surface area is 288 Å². The van der Waals surface area contributed by atoms with Gasteiger partial charge in [0.1, 0.15) is 11.2 Å². The van der Waals surface area contributed by atoms with Gasteiger partial charge in [-0.15, -0.1) is 0 Å². The molecule has 2 atom stereocenters. The van der Waals surface area contributed by atoms with Crippen molar-refractivity contribution in [2.24, 2.45) is 0 Å². The molecule has 0 bridgehead atoms. The lowest BCUT2D eigenvalue weighted by atomic mass is 9.82. The van der Waals surface area contributed by atoms with Crippen LogP contribution in [0.25, 0.3) is 11.3 Å². The summed E-state index contributed by atoms with van der Waals surface area (Å²) in [4.78, 5) is 45.1. The smallest absolute Gasteiger partial charge is 0.403 e. The van der Waals surface area contributed by atoms with Crippen molar-refractivity contribution in [3.8, 4) is 22.8 Å². The maximum atomic E-state index is 15.2. The number of methoxy groups -OCH3 is 1. The Morgan fingerprint density at radius 1 is 1.02 bits per heavy atom. The van der Waals surface area contributed by atoms with E-state index in [0.717, 1.165) is 29.9 Å². The van der Waals surface area contributed by atoms with Gasteiger partial charge in [-0.05, 0) is 86.0 Å². The number of carbonyl (C=O) groups is 3. The van der Waals surface area contributed by atoms with E-state index < -0.39 is 60.0 Å². The number of aromatic nitrogens is 1. The Bertz CT molecular complexity index is 1970. The number of amides is 3. The number of fused-ring (bicyclic) bond motifs is 1. The van der Waals surface area contributed by atoms with Crippen LogP contribution < -0.4 is 14.8 Å². The fraction of sp³-hybridized carbons (Fsp3) is 0.278. The van der Waals surface area contributed by atoms with Crippen molar-refractivity contribution >= 4 is 29.3 Å². The average Bonchev–Trinajstić information content (AvgIpc) is 3.89. The van der Waals surface area contributed by atoms with Gasteiger partial charge < -0.3 is 19.9 Å². The molecule has 2 unspecified atom stereocenters. The normalized spacial score (nSPS) is 16.1. The number of nitrogens with zero attached hydrogens (tertiary/aromatic N) is 2. The van der Waals surface area contributed by atoms with Crippen LogP contribution in [0.5, 0.6) is 11.5 Å². The molecule has 3 amide bonds. The predicted molar refractivity (Wildman–Crippen MR) is 174 cm³/mol. The summed E-state index contributed by atoms with van der Waals surface area (Å²) in [6.45, 7) is -1.24. The number of benzene rings is 3. The summed E-state index contributed by atoms with van der Waals surface area (Å²) in [6, 6.07) is 15.0. The highest BCUT2D eigenvalue weighted by Gasteiger charge is 2.57. The fourth-order valence-corrected chi connectivity index (χ4v) is 5.90. The molecule has 6 rings (SSSR count). The lowest BCUT2D eigenvalue weighted by molar-refractivity contribution is -0.200. The van der Waals surface area contributed by atoms with Crippen LogP contribution in [0.1, 0.15) is 68.1 Å². The van der Waals surface area contributed by atoms with E-state index in [4.69, 9.17) is 21.1 Å². The molecular formula is C36H30ClF4N3O6. The van der Waals surface area contributed by atoms with E-state index in [1.165, 1.54) is 62.6 Å². The van der Waals surface area contributed by atoms with Crippen molar-refractivity contribution in [2.45, 2.75) is 43.5 Å². The summed E-state index contributed by atoms with van der Waals surface area (Å²) in [5.41, 5.74) is -3.62. The molecule has 0 radical (unpaired) electrons. The average molecular weight is 712 g/mol. The number of imide groups is 1. The van der Waals surface area contributed by atoms with Crippen molar-refractivity contribution < 1.29 is 46.5 Å². The number of carbonyl (C=O) groups excluding carboxylic acids is 3. The Kier molecular flexibility index (Phi) is 9.31. The van der Waals surface area contributed by atoms with Crippen LogP contribution in [-0.2, 0) is 5.41 Å². The SMILES string of the molecule is COc1cc(C(=O)NCC(CO)(c2cc(C(C)N3C(=O)c4ccccc4C3=O)cc(-c3ccc(F)c(Cl)c3)n2)C(F)(F)F)ccc1OC1CC1. The van der Waals surface area contributed by atoms with Crippen LogP contribution in [0.3, 0.4) is 0 Å². The number of aliphatic hydroxyl groups excluding tert-OH is 1. The van der Waals surface area contributed by atoms with Crippen molar-refractivity contribution in [2.75, 3.05) is 20.3 Å². The van der Waals surface area contributed by atoms with Crippen LogP contribution in [0, 0.1) is 5.82 Å². The first-order chi connectivity index (χ1) is 23.8. The second-order valence-electron chi connectivity index (χ2n) is 12.1. The van der Waals surface area contributed by atoms with Crippen LogP contribution in [0.2, 0.25) is 5.02 Å². The molecular weight excluding hydrogens is 682 g/mol. The van der Waals surface area contributed by atoms with Crippen LogP contribution in [0.15, 0.2) is 72.8 Å². The largest absolute Gasteiger partial charge is 0.493 e. The molecule has 1 fully saturated rings. The molecule has 1 aromatic heterocycles. The van der Waals surface area contributed by atoms with Gasteiger partial charge in [-0.25, -0.2) is 4.39 Å². The van der Waals surface area contributed by atoms with Crippen LogP contribution in [0.4, 0.5) is 17.6 Å². The summed E-state index contributed by atoms with van der Waals surface area (Å²) in [7, 11) is 1.37. The Hall–Kier alpha value is -5.01. The van der Waals surface area contributed by atoms with E-state index in [1.807, 2.05) is 0 Å². The first-order valence-electron chi connectivity index (χ1n) is 15.5. The van der Waals surface area contributed by atoms with Crippen molar-refractivity contribution in [3.63, 3.8) is 0 Å². The maximum absolute atomic E-state index is 15.2. The standard InChI is InChI=1S/C36H30ClF4N3O6/c1-19(44-33(47)24-5-3-4-6-25(24)34(44)48)22-14-28(20-7-11-27(38)26(37)13-20)43-31(16-22)35(18-45,36(39,40)41)17-42-32(46)21-8-12-29(30(15-21)49-2)50-23-9-10-23/h3-8,11-16,19,23,45H,9-10,17-18H2,1-2H3,(H,42,46). The number of pyridine rings is 1. The molecule has 9 nitrogen and oxygen atoms in total. The zero-order valence-corrected chi connectivity index (χ0v) is 27.4. The van der Waals surface area contributed by atoms with Gasteiger partial charge in [-0.3, -0.25) is 24.3 Å². The number of hydrogen-bond donors (Lipinski definition) is 2. The summed E-state index contributed by atoms with van der Waals surface area (Å²) in [5.74, 6) is -2.38. The molecule has 2 N–H and O–H groups in total. The lowest BCUT2D eigenvalue weighted by Gasteiger charge is -2.35. The van der Waals surface area contributed by atoms with Gasteiger partial charge in [0.25, 0.3) is 17.7 Å². The summed E-state index contributed by atoms with van der Waals surface area (Å²) < 4.78 is 70.8. The molecule has 14 heteroatoms. The number of ether oxygens (including phenoxy) is 2. The molecule has 50 heavy (non-hydrogen) atoms. The van der Waals surface area contributed by atoms with E-state index >= 15 is 13.2 Å². The topological polar surface area (TPSA) is 118 Å². The highest BCUT2D eigenvalue weighted by molar-refractivity contribution is 6.31. The van der Waals surface area contributed by atoms with E-state index in [2.05, 4.69) is 10.3 Å². The zero-order chi connectivity index (χ0) is 36.0. The third kappa shape index (κ3) is 6.38. The molecule has 1 saturated carbocycles. The van der Waals surface area contributed by atoms with Crippen LogP contribution >= 0.6 is 11.6 Å². The molecule has 1 aliphatic carbocycles. The summed E-state index contributed by atoms with van der Waals surface area (Å²) in [5, 5.41) is 12.5. The van der Waals surface area contributed by atoms with Crippen molar-refractivity contribution in [3.05, 3.63) is 112 Å². The highest BCUT2D eigenvalue weighted by atomic mass is 35.5. The van der Waals surface area contributed by atoms with Crippen molar-refractivity contribution in [1.82, 2.24) is 15.2 Å². The molecule has 260 valence electrons. The van der Waals surface area contributed by atoms with Gasteiger partial charge in [0, 0.05) is 17.7 Å². The Balaban J connectivity index is 1.41. The van der Waals surface area contributed by atoms with Crippen LogP contribution in [-0.4, -0.2) is 65.3 Å². The van der Waals surface area contributed by atoms with Gasteiger partial charge >= 0.3 is 6.18 Å². The summed E-state index contributed by atoms with van der Waals surface area (Å²) >= 11 is 6.01. The van der Waals surface area contributed by atoms with Gasteiger partial charge in [-0.1, -0.05) is 23.7 Å². The van der Waals surface area contributed by atoms with E-state index in [-0.39, 0.29) is 50.4 Å². The molecule has 2 aliphatic rings. The van der Waals surface area contributed by atoms with Gasteiger partial charge in [0.05, 0.1) is 53.4 Å². The Morgan fingerprint density at radius 3 is 2.28 bits per heavy atom. The lowest BCUT2D eigenvalue weighted by Crippen LogP contribution is -2.54. The maximum Gasteiger partial charge on any atom is 0.403 e. The van der Waals surface area contributed by atoms with Crippen molar-refractivity contribution in [1.29, 1.82) is 0 Å². The molecule has 1 aliphatic heterocycles. The number of hydrogen-bond acceptors (Lipinski definition) is 7. The first kappa shape index (κ1) is 34.8. The zero-order valence-electron chi connectivity index (χ0n) is 26.7. The van der Waals surface area contributed by atoms with E-state index in [9.17, 15) is 23.9 Å². The number of halogens is 5. The monoisotopic (exact) mass is 711 g/mol. The van der Waals surface area contributed by atoms with E-state index in [1.54, 1.807) is 12.1 Å².